The second-order valence-electron chi connectivity index (χ2n) is 8.36. The van der Waals surface area contributed by atoms with Crippen LogP contribution in [0.3, 0.4) is 0 Å². The summed E-state index contributed by atoms with van der Waals surface area (Å²) in [5.74, 6) is -1.17. The first-order chi connectivity index (χ1) is 17.4. The Hall–Kier alpha value is -3.87. The average Bonchev–Trinajstić information content (AvgIpc) is 3.20. The number of aromatic nitrogens is 4. The van der Waals surface area contributed by atoms with Crippen LogP contribution in [0.25, 0.3) is 11.2 Å². The molecule has 0 saturated carbocycles. The molecule has 0 bridgehead atoms. The van der Waals surface area contributed by atoms with E-state index in [9.17, 15) is 31.9 Å². The third-order valence-corrected chi connectivity index (χ3v) is 6.67. The van der Waals surface area contributed by atoms with E-state index in [0.717, 1.165) is 33.0 Å². The van der Waals surface area contributed by atoms with E-state index in [0.29, 0.717) is 5.56 Å². The van der Waals surface area contributed by atoms with Gasteiger partial charge in [-0.1, -0.05) is 30.0 Å². The van der Waals surface area contributed by atoms with Crippen LogP contribution in [0.1, 0.15) is 16.7 Å². The van der Waals surface area contributed by atoms with E-state index in [2.05, 4.69) is 10.3 Å². The highest BCUT2D eigenvalue weighted by atomic mass is 32.2. The Morgan fingerprint density at radius 1 is 1.08 bits per heavy atom. The minimum absolute atomic E-state index is 0.00512. The Morgan fingerprint density at radius 3 is 2.49 bits per heavy atom. The molecule has 13 heteroatoms. The molecule has 4 rings (SSSR count). The first-order valence-corrected chi connectivity index (χ1v) is 11.9. The number of alkyl halides is 3. The summed E-state index contributed by atoms with van der Waals surface area (Å²) in [6.45, 7) is 1.42. The quantitative estimate of drug-likeness (QED) is 0.301. The van der Waals surface area contributed by atoms with Gasteiger partial charge in [0.1, 0.15) is 5.82 Å². The number of nitrogens with one attached hydrogen (secondary N) is 1. The lowest BCUT2D eigenvalue weighted by Crippen LogP contribution is -2.37. The van der Waals surface area contributed by atoms with Crippen LogP contribution in [0.15, 0.2) is 57.2 Å². The second kappa shape index (κ2) is 9.88. The number of hydrogen-bond acceptors (Lipinski definition) is 5. The zero-order valence-corrected chi connectivity index (χ0v) is 20.7. The van der Waals surface area contributed by atoms with Gasteiger partial charge >= 0.3 is 11.9 Å². The molecular formula is C24H21F4N5O3S. The number of benzene rings is 2. The number of carbonyl (C=O) groups is 1. The largest absolute Gasteiger partial charge is 0.416 e. The Kier molecular flexibility index (Phi) is 7.00. The van der Waals surface area contributed by atoms with E-state index in [1.54, 1.807) is 13.0 Å². The Morgan fingerprint density at radius 2 is 1.81 bits per heavy atom. The molecule has 37 heavy (non-hydrogen) atoms. The second-order valence-corrected chi connectivity index (χ2v) is 9.30. The molecule has 0 radical (unpaired) electrons. The average molecular weight is 536 g/mol. The first kappa shape index (κ1) is 26.2. The van der Waals surface area contributed by atoms with Crippen LogP contribution >= 0.6 is 11.8 Å². The normalized spacial score (nSPS) is 11.8. The lowest BCUT2D eigenvalue weighted by molar-refractivity contribution is -0.137. The van der Waals surface area contributed by atoms with Gasteiger partial charge in [-0.25, -0.2) is 14.2 Å². The number of nitrogens with zero attached hydrogens (tertiary/aromatic N) is 4. The number of rotatable bonds is 6. The molecular weight excluding hydrogens is 514 g/mol. The van der Waals surface area contributed by atoms with Gasteiger partial charge in [0.05, 0.1) is 17.9 Å². The van der Waals surface area contributed by atoms with E-state index in [1.807, 2.05) is 0 Å². The standard InChI is InChI=1S/C24H21F4N5O3S/c1-13-7-8-16(10-17(13)25)29-18(34)12-37-22-30-20-19(21(35)32(3)23(36)31(20)2)33(22)11-14-5-4-6-15(9-14)24(26,27)28/h4-10H,11-12H2,1-3H3,(H,29,34). The van der Waals surface area contributed by atoms with Gasteiger partial charge in [0.15, 0.2) is 16.3 Å². The molecule has 0 fully saturated rings. The molecule has 0 atom stereocenters. The van der Waals surface area contributed by atoms with Crippen molar-refractivity contribution in [1.29, 1.82) is 0 Å². The van der Waals surface area contributed by atoms with Crippen molar-refractivity contribution in [3.8, 4) is 0 Å². The summed E-state index contributed by atoms with van der Waals surface area (Å²) in [5.41, 5.74) is -1.21. The molecule has 1 N–H and O–H groups in total. The van der Waals surface area contributed by atoms with Crippen molar-refractivity contribution in [1.82, 2.24) is 18.7 Å². The fourth-order valence-electron chi connectivity index (χ4n) is 3.71. The molecule has 2 aromatic heterocycles. The van der Waals surface area contributed by atoms with Crippen LogP contribution in [0, 0.1) is 12.7 Å². The fraction of sp³-hybridized carbons (Fsp3) is 0.250. The minimum Gasteiger partial charge on any atom is -0.325 e. The number of aryl methyl sites for hydroxylation is 2. The number of imidazole rings is 1. The molecule has 0 aliphatic carbocycles. The zero-order valence-electron chi connectivity index (χ0n) is 19.9. The van der Waals surface area contributed by atoms with Crippen molar-refractivity contribution in [2.24, 2.45) is 14.1 Å². The molecule has 2 aromatic carbocycles. The summed E-state index contributed by atoms with van der Waals surface area (Å²) in [6, 6.07) is 8.87. The van der Waals surface area contributed by atoms with Crippen LogP contribution in [0.2, 0.25) is 0 Å². The lowest BCUT2D eigenvalue weighted by atomic mass is 10.1. The maximum atomic E-state index is 13.8. The molecule has 4 aromatic rings. The zero-order chi connectivity index (χ0) is 27.1. The van der Waals surface area contributed by atoms with Crippen LogP contribution < -0.4 is 16.6 Å². The third-order valence-electron chi connectivity index (χ3n) is 5.70. The van der Waals surface area contributed by atoms with Gasteiger partial charge in [-0.3, -0.25) is 18.7 Å². The maximum absolute atomic E-state index is 13.8. The third kappa shape index (κ3) is 5.31. The molecule has 0 aliphatic heterocycles. The van der Waals surface area contributed by atoms with Crippen molar-refractivity contribution in [3.63, 3.8) is 0 Å². The van der Waals surface area contributed by atoms with Gasteiger partial charge in [-0.05, 0) is 42.3 Å². The minimum atomic E-state index is -4.56. The molecule has 194 valence electrons. The Labute approximate surface area is 211 Å². The number of halogens is 4. The predicted molar refractivity (Wildman–Crippen MR) is 131 cm³/mol. The molecule has 2 heterocycles. The Bertz CT molecular complexity index is 1640. The van der Waals surface area contributed by atoms with Crippen molar-refractivity contribution in [2.75, 3.05) is 11.1 Å². The van der Waals surface area contributed by atoms with Gasteiger partial charge in [0, 0.05) is 19.8 Å². The number of fused-ring (bicyclic) bond motifs is 1. The number of anilines is 1. The summed E-state index contributed by atoms with van der Waals surface area (Å²) in [7, 11) is 2.70. The summed E-state index contributed by atoms with van der Waals surface area (Å²) in [4.78, 5) is 42.3. The van der Waals surface area contributed by atoms with Crippen molar-refractivity contribution in [3.05, 3.63) is 85.8 Å². The molecule has 1 amide bonds. The van der Waals surface area contributed by atoms with E-state index < -0.39 is 34.7 Å². The highest BCUT2D eigenvalue weighted by Gasteiger charge is 2.30. The maximum Gasteiger partial charge on any atom is 0.416 e. The summed E-state index contributed by atoms with van der Waals surface area (Å²) < 4.78 is 57.0. The summed E-state index contributed by atoms with van der Waals surface area (Å²) >= 11 is 0.926. The van der Waals surface area contributed by atoms with Crippen molar-refractivity contribution < 1.29 is 22.4 Å². The smallest absolute Gasteiger partial charge is 0.325 e. The summed E-state index contributed by atoms with van der Waals surface area (Å²) in [5, 5.41) is 2.71. The summed E-state index contributed by atoms with van der Waals surface area (Å²) in [6.07, 6.45) is -4.56. The van der Waals surface area contributed by atoms with Crippen molar-refractivity contribution in [2.45, 2.75) is 24.8 Å². The van der Waals surface area contributed by atoms with Crippen LogP contribution in [0.5, 0.6) is 0 Å². The van der Waals surface area contributed by atoms with Gasteiger partial charge in [-0.15, -0.1) is 0 Å². The van der Waals surface area contributed by atoms with Crippen LogP contribution in [0.4, 0.5) is 23.2 Å². The van der Waals surface area contributed by atoms with E-state index in [1.165, 1.54) is 42.9 Å². The highest BCUT2D eigenvalue weighted by molar-refractivity contribution is 7.99. The van der Waals surface area contributed by atoms with E-state index in [-0.39, 0.29) is 39.9 Å². The number of carbonyl (C=O) groups excluding carboxylic acids is 1. The van der Waals surface area contributed by atoms with Gasteiger partial charge in [-0.2, -0.15) is 13.2 Å². The monoisotopic (exact) mass is 535 g/mol. The van der Waals surface area contributed by atoms with Crippen molar-refractivity contribution >= 4 is 34.5 Å². The van der Waals surface area contributed by atoms with Gasteiger partial charge in [0.25, 0.3) is 5.56 Å². The van der Waals surface area contributed by atoms with Gasteiger partial charge < -0.3 is 9.88 Å². The topological polar surface area (TPSA) is 90.9 Å². The molecule has 8 nitrogen and oxygen atoms in total. The number of amides is 1. The molecule has 0 unspecified atom stereocenters. The van der Waals surface area contributed by atoms with Crippen LogP contribution in [-0.2, 0) is 31.6 Å². The SMILES string of the molecule is Cc1ccc(NC(=O)CSc2nc3c(c(=O)n(C)c(=O)n3C)n2Cc2cccc(C(F)(F)F)c2)cc1F. The first-order valence-electron chi connectivity index (χ1n) is 10.9. The molecule has 0 aliphatic rings. The Balaban J connectivity index is 1.71. The lowest BCUT2D eigenvalue weighted by Gasteiger charge is -2.12. The fourth-order valence-corrected chi connectivity index (χ4v) is 4.50. The number of hydrogen-bond donors (Lipinski definition) is 1. The van der Waals surface area contributed by atoms with Crippen LogP contribution in [-0.4, -0.2) is 30.3 Å². The molecule has 0 saturated heterocycles. The highest BCUT2D eigenvalue weighted by Crippen LogP contribution is 2.30. The van der Waals surface area contributed by atoms with E-state index in [4.69, 9.17) is 0 Å². The molecule has 0 spiro atoms. The van der Waals surface area contributed by atoms with Gasteiger partial charge in [0.2, 0.25) is 5.91 Å². The number of thioether (sulfide) groups is 1. The predicted octanol–water partition coefficient (Wildman–Crippen LogP) is 3.68. The van der Waals surface area contributed by atoms with E-state index >= 15 is 0 Å².